The molecule has 2 N–H and O–H groups in total. The first-order chi connectivity index (χ1) is 11.7. The molecule has 0 bridgehead atoms. The smallest absolute Gasteiger partial charge is 0.220 e. The molecule has 7 heteroatoms. The first-order valence-electron chi connectivity index (χ1n) is 8.75. The molecule has 2 heterocycles. The highest BCUT2D eigenvalue weighted by atomic mass is 35.5. The summed E-state index contributed by atoms with van der Waals surface area (Å²) in [6, 6.07) is 10.5. The van der Waals surface area contributed by atoms with Gasteiger partial charge in [0.1, 0.15) is 0 Å². The predicted molar refractivity (Wildman–Crippen MR) is 108 cm³/mol. The third-order valence-electron chi connectivity index (χ3n) is 4.51. The molecule has 1 aromatic carbocycles. The van der Waals surface area contributed by atoms with Crippen LogP contribution in [-0.2, 0) is 11.2 Å². The van der Waals surface area contributed by atoms with E-state index < -0.39 is 0 Å². The van der Waals surface area contributed by atoms with Crippen molar-refractivity contribution in [3.63, 3.8) is 0 Å². The maximum absolute atomic E-state index is 12.1. The Bertz CT molecular complexity index is 664. The van der Waals surface area contributed by atoms with Gasteiger partial charge in [0.15, 0.2) is 11.7 Å². The number of benzene rings is 1. The number of piperidine rings is 1. The molecule has 0 spiro atoms. The van der Waals surface area contributed by atoms with Crippen molar-refractivity contribution in [3.05, 3.63) is 42.4 Å². The van der Waals surface area contributed by atoms with Crippen LogP contribution in [0.1, 0.15) is 38.5 Å². The third kappa shape index (κ3) is 6.31. The van der Waals surface area contributed by atoms with Crippen LogP contribution in [0.4, 0.5) is 0 Å². The molecule has 5 nitrogen and oxygen atoms in total. The molecular weight excluding hydrogens is 373 g/mol. The largest absolute Gasteiger partial charge is 0.441 e. The summed E-state index contributed by atoms with van der Waals surface area (Å²) in [5, 5.41) is 6.53. The predicted octanol–water partition coefficient (Wildman–Crippen LogP) is 3.76. The molecule has 1 saturated heterocycles. The Hall–Kier alpha value is -1.56. The summed E-state index contributed by atoms with van der Waals surface area (Å²) in [4.78, 5) is 16.4. The van der Waals surface area contributed by atoms with Crippen molar-refractivity contribution in [2.24, 2.45) is 0 Å². The highest BCUT2D eigenvalue weighted by Gasteiger charge is 2.22. The Kier molecular flexibility index (Phi) is 9.70. The SMILES string of the molecule is CC1NCCCC1NC(=O)CCCc1ncc(-c2ccccc2)o1.Cl.Cl. The van der Waals surface area contributed by atoms with E-state index in [1.54, 1.807) is 6.20 Å². The van der Waals surface area contributed by atoms with E-state index in [-0.39, 0.29) is 36.8 Å². The zero-order chi connectivity index (χ0) is 16.8. The lowest BCUT2D eigenvalue weighted by Gasteiger charge is -2.30. The summed E-state index contributed by atoms with van der Waals surface area (Å²) in [7, 11) is 0. The maximum Gasteiger partial charge on any atom is 0.220 e. The van der Waals surface area contributed by atoms with Gasteiger partial charge in [-0.05, 0) is 32.7 Å². The molecular formula is C19H27Cl2N3O2. The monoisotopic (exact) mass is 399 g/mol. The fourth-order valence-electron chi connectivity index (χ4n) is 3.08. The lowest BCUT2D eigenvalue weighted by atomic mass is 9.99. The third-order valence-corrected chi connectivity index (χ3v) is 4.51. The van der Waals surface area contributed by atoms with Gasteiger partial charge >= 0.3 is 0 Å². The van der Waals surface area contributed by atoms with Crippen molar-refractivity contribution >= 4 is 30.7 Å². The van der Waals surface area contributed by atoms with Gasteiger partial charge in [-0.3, -0.25) is 4.79 Å². The number of aromatic nitrogens is 1. The van der Waals surface area contributed by atoms with E-state index in [9.17, 15) is 4.79 Å². The van der Waals surface area contributed by atoms with Crippen LogP contribution in [0.3, 0.4) is 0 Å². The Morgan fingerprint density at radius 1 is 1.31 bits per heavy atom. The maximum atomic E-state index is 12.1. The first-order valence-corrected chi connectivity index (χ1v) is 8.75. The first kappa shape index (κ1) is 22.5. The topological polar surface area (TPSA) is 67.2 Å². The van der Waals surface area contributed by atoms with Crippen LogP contribution in [-0.4, -0.2) is 29.5 Å². The highest BCUT2D eigenvalue weighted by Crippen LogP contribution is 2.20. The summed E-state index contributed by atoms with van der Waals surface area (Å²) < 4.78 is 5.77. The molecule has 2 aromatic rings. The van der Waals surface area contributed by atoms with Crippen molar-refractivity contribution in [2.75, 3.05) is 6.54 Å². The summed E-state index contributed by atoms with van der Waals surface area (Å²) in [6.07, 6.45) is 5.86. The van der Waals surface area contributed by atoms with Gasteiger partial charge in [0.25, 0.3) is 0 Å². The minimum atomic E-state index is 0. The van der Waals surface area contributed by atoms with Crippen molar-refractivity contribution in [1.82, 2.24) is 15.6 Å². The van der Waals surface area contributed by atoms with Gasteiger partial charge in [-0.1, -0.05) is 30.3 Å². The zero-order valence-corrected chi connectivity index (χ0v) is 16.6. The van der Waals surface area contributed by atoms with Gasteiger partial charge in [0.05, 0.1) is 6.20 Å². The van der Waals surface area contributed by atoms with Crippen LogP contribution < -0.4 is 10.6 Å². The molecule has 1 fully saturated rings. The second kappa shape index (κ2) is 11.2. The number of hydrogen-bond acceptors (Lipinski definition) is 4. The van der Waals surface area contributed by atoms with Crippen LogP contribution in [0.5, 0.6) is 0 Å². The number of oxazole rings is 1. The van der Waals surface area contributed by atoms with Crippen molar-refractivity contribution in [2.45, 2.75) is 51.1 Å². The van der Waals surface area contributed by atoms with E-state index in [4.69, 9.17) is 4.42 Å². The van der Waals surface area contributed by atoms with E-state index in [1.807, 2.05) is 30.3 Å². The highest BCUT2D eigenvalue weighted by molar-refractivity contribution is 5.85. The van der Waals surface area contributed by atoms with Gasteiger partial charge < -0.3 is 15.1 Å². The second-order valence-electron chi connectivity index (χ2n) is 6.40. The lowest BCUT2D eigenvalue weighted by molar-refractivity contribution is -0.122. The van der Waals surface area contributed by atoms with Gasteiger partial charge in [-0.2, -0.15) is 0 Å². The minimum Gasteiger partial charge on any atom is -0.441 e. The summed E-state index contributed by atoms with van der Waals surface area (Å²) in [5.74, 6) is 1.58. The van der Waals surface area contributed by atoms with Crippen molar-refractivity contribution in [1.29, 1.82) is 0 Å². The molecule has 3 rings (SSSR count). The number of rotatable bonds is 6. The summed E-state index contributed by atoms with van der Waals surface area (Å²) >= 11 is 0. The molecule has 144 valence electrons. The average Bonchev–Trinajstić information content (AvgIpc) is 3.07. The molecule has 2 unspecified atom stereocenters. The number of carbonyl (C=O) groups excluding carboxylic acids is 1. The van der Waals surface area contributed by atoms with Crippen molar-refractivity contribution < 1.29 is 9.21 Å². The van der Waals surface area contributed by atoms with E-state index in [1.165, 1.54) is 0 Å². The summed E-state index contributed by atoms with van der Waals surface area (Å²) in [6.45, 7) is 3.17. The second-order valence-corrected chi connectivity index (χ2v) is 6.40. The fourth-order valence-corrected chi connectivity index (χ4v) is 3.08. The zero-order valence-electron chi connectivity index (χ0n) is 14.9. The van der Waals surface area contributed by atoms with Gasteiger partial charge in [-0.25, -0.2) is 4.98 Å². The minimum absolute atomic E-state index is 0. The standard InChI is InChI=1S/C19H25N3O2.2ClH/c1-14-16(9-6-12-20-14)22-18(23)10-5-11-19-21-13-17(24-19)15-7-3-2-4-8-15;;/h2-4,7-8,13-14,16,20H,5-6,9-12H2,1H3,(H,22,23);2*1H. The molecule has 2 atom stereocenters. The van der Waals surface area contributed by atoms with Crippen LogP contribution in [0, 0.1) is 0 Å². The Balaban J connectivity index is 0.00000169. The molecule has 1 aliphatic rings. The van der Waals surface area contributed by atoms with Gasteiger partial charge in [0, 0.05) is 30.5 Å². The van der Waals surface area contributed by atoms with Crippen LogP contribution >= 0.6 is 24.8 Å². The Labute approximate surface area is 167 Å². The molecule has 0 saturated carbocycles. The number of halogens is 2. The van der Waals surface area contributed by atoms with Crippen molar-refractivity contribution in [3.8, 4) is 11.3 Å². The average molecular weight is 400 g/mol. The molecule has 1 aliphatic heterocycles. The van der Waals surface area contributed by atoms with E-state index in [2.05, 4.69) is 22.5 Å². The normalized spacial score (nSPS) is 19.1. The number of hydrogen-bond donors (Lipinski definition) is 2. The molecule has 26 heavy (non-hydrogen) atoms. The number of aryl methyl sites for hydroxylation is 1. The molecule has 1 aromatic heterocycles. The molecule has 0 aliphatic carbocycles. The Morgan fingerprint density at radius 2 is 2.08 bits per heavy atom. The van der Waals surface area contributed by atoms with Crippen LogP contribution in [0.2, 0.25) is 0 Å². The Morgan fingerprint density at radius 3 is 2.81 bits per heavy atom. The van der Waals surface area contributed by atoms with Crippen LogP contribution in [0.15, 0.2) is 40.9 Å². The number of nitrogens with one attached hydrogen (secondary N) is 2. The van der Waals surface area contributed by atoms with Crippen LogP contribution in [0.25, 0.3) is 11.3 Å². The van der Waals surface area contributed by atoms with Gasteiger partial charge in [0.2, 0.25) is 5.91 Å². The van der Waals surface area contributed by atoms with Gasteiger partial charge in [-0.15, -0.1) is 24.8 Å². The van der Waals surface area contributed by atoms with E-state index >= 15 is 0 Å². The molecule has 1 amide bonds. The quantitative estimate of drug-likeness (QED) is 0.775. The number of carbonyl (C=O) groups is 1. The number of nitrogens with zero attached hydrogens (tertiary/aromatic N) is 1. The lowest BCUT2D eigenvalue weighted by Crippen LogP contribution is -2.51. The molecule has 0 radical (unpaired) electrons. The van der Waals surface area contributed by atoms with E-state index in [0.29, 0.717) is 24.8 Å². The van der Waals surface area contributed by atoms with E-state index in [0.717, 1.165) is 37.1 Å². The summed E-state index contributed by atoms with van der Waals surface area (Å²) in [5.41, 5.74) is 1.02. The number of amides is 1. The fraction of sp³-hybridized carbons (Fsp3) is 0.474.